The van der Waals surface area contributed by atoms with Crippen molar-refractivity contribution in [3.05, 3.63) is 48.0 Å². The number of carbonyl (C=O) groups excluding carboxylic acids is 2. The van der Waals surface area contributed by atoms with Crippen molar-refractivity contribution < 1.29 is 27.5 Å². The van der Waals surface area contributed by atoms with Crippen molar-refractivity contribution in [3.8, 4) is 11.5 Å². The molecule has 33 heavy (non-hydrogen) atoms. The average Bonchev–Trinajstić information content (AvgIpc) is 2.78. The molecule has 0 unspecified atom stereocenters. The van der Waals surface area contributed by atoms with E-state index in [4.69, 9.17) is 9.47 Å². The van der Waals surface area contributed by atoms with Crippen LogP contribution in [-0.4, -0.2) is 51.8 Å². The van der Waals surface area contributed by atoms with Gasteiger partial charge in [-0.05, 0) is 44.5 Å². The molecule has 1 aliphatic heterocycles. The van der Waals surface area contributed by atoms with Gasteiger partial charge in [0.25, 0.3) is 5.91 Å². The summed E-state index contributed by atoms with van der Waals surface area (Å²) in [6.07, 6.45) is 1.79. The van der Waals surface area contributed by atoms with Crippen LogP contribution < -0.4 is 24.4 Å². The zero-order valence-electron chi connectivity index (χ0n) is 19.1. The molecule has 2 N–H and O–H groups in total. The molecule has 1 aliphatic rings. The van der Waals surface area contributed by atoms with Crippen molar-refractivity contribution >= 4 is 33.2 Å². The quantitative estimate of drug-likeness (QED) is 0.607. The van der Waals surface area contributed by atoms with E-state index in [9.17, 15) is 18.0 Å². The summed E-state index contributed by atoms with van der Waals surface area (Å²) >= 11 is 0. The van der Waals surface area contributed by atoms with Crippen molar-refractivity contribution in [3.63, 3.8) is 0 Å². The summed E-state index contributed by atoms with van der Waals surface area (Å²) in [6.45, 7) is 6.08. The monoisotopic (exact) mass is 475 g/mol. The second-order valence-corrected chi connectivity index (χ2v) is 9.74. The molecule has 2 aromatic rings. The van der Waals surface area contributed by atoms with Crippen molar-refractivity contribution in [1.82, 2.24) is 5.32 Å². The minimum Gasteiger partial charge on any atom is -0.486 e. The number of nitrogens with one attached hydrogen (secondary N) is 2. The summed E-state index contributed by atoms with van der Waals surface area (Å²) in [5.74, 6) is 0.0164. The lowest BCUT2D eigenvalue weighted by Crippen LogP contribution is -2.45. The first-order valence-corrected chi connectivity index (χ1v) is 12.6. The number of hydrogen-bond donors (Lipinski definition) is 2. The van der Waals surface area contributed by atoms with Crippen molar-refractivity contribution in [2.24, 2.45) is 0 Å². The number of anilines is 2. The Balaban J connectivity index is 1.87. The lowest BCUT2D eigenvalue weighted by Gasteiger charge is -2.29. The van der Waals surface area contributed by atoms with E-state index in [2.05, 4.69) is 10.6 Å². The Morgan fingerprint density at radius 2 is 1.73 bits per heavy atom. The van der Waals surface area contributed by atoms with Gasteiger partial charge in [0, 0.05) is 12.1 Å². The third-order valence-corrected chi connectivity index (χ3v) is 6.53. The Morgan fingerprint density at radius 1 is 1.06 bits per heavy atom. The first-order chi connectivity index (χ1) is 15.6. The standard InChI is InChI=1S/C23H29N3O6S/c1-5-15(2)24-23(28)18-8-6-7-9-19(18)25-22(27)16(3)26(33(4,29)30)17-10-11-20-21(14-17)32-13-12-31-20/h6-11,14-16H,5,12-13H2,1-4H3,(H,24,28)(H,25,27)/t15-,16-/m1/s1. The molecule has 0 aromatic heterocycles. The number of amides is 2. The fraction of sp³-hybridized carbons (Fsp3) is 0.391. The fourth-order valence-corrected chi connectivity index (χ4v) is 4.58. The Bertz CT molecular complexity index is 1130. The predicted molar refractivity (Wildman–Crippen MR) is 127 cm³/mol. The second-order valence-electron chi connectivity index (χ2n) is 7.88. The Labute approximate surface area is 194 Å². The van der Waals surface area contributed by atoms with Gasteiger partial charge in [0.05, 0.1) is 23.2 Å². The maximum atomic E-state index is 13.1. The minimum absolute atomic E-state index is 0.0314. The Kier molecular flexibility index (Phi) is 7.47. The summed E-state index contributed by atoms with van der Waals surface area (Å²) in [6, 6.07) is 10.2. The van der Waals surface area contributed by atoms with Gasteiger partial charge in [-0.25, -0.2) is 8.42 Å². The second kappa shape index (κ2) is 10.1. The van der Waals surface area contributed by atoms with Crippen LogP contribution in [0.25, 0.3) is 0 Å². The molecule has 2 amide bonds. The van der Waals surface area contributed by atoms with Gasteiger partial charge in [0.1, 0.15) is 19.3 Å². The number of carbonyl (C=O) groups is 2. The van der Waals surface area contributed by atoms with Crippen LogP contribution in [0.4, 0.5) is 11.4 Å². The molecule has 1 heterocycles. The number of hydrogen-bond acceptors (Lipinski definition) is 6. The van der Waals surface area contributed by atoms with Crippen LogP contribution in [0.3, 0.4) is 0 Å². The largest absolute Gasteiger partial charge is 0.486 e. The van der Waals surface area contributed by atoms with E-state index in [0.717, 1.165) is 17.0 Å². The molecule has 0 aliphatic carbocycles. The summed E-state index contributed by atoms with van der Waals surface area (Å²) in [5.41, 5.74) is 0.863. The summed E-state index contributed by atoms with van der Waals surface area (Å²) < 4.78 is 37.3. The van der Waals surface area contributed by atoms with Crippen LogP contribution in [0.5, 0.6) is 11.5 Å². The van der Waals surface area contributed by atoms with Crippen molar-refractivity contribution in [1.29, 1.82) is 0 Å². The van der Waals surface area contributed by atoms with Gasteiger partial charge in [-0.3, -0.25) is 13.9 Å². The summed E-state index contributed by atoms with van der Waals surface area (Å²) in [5, 5.41) is 5.57. The van der Waals surface area contributed by atoms with E-state index >= 15 is 0 Å². The molecular formula is C23H29N3O6S. The van der Waals surface area contributed by atoms with Gasteiger partial charge in [-0.2, -0.15) is 0 Å². The van der Waals surface area contributed by atoms with Crippen LogP contribution in [0, 0.1) is 0 Å². The summed E-state index contributed by atoms with van der Waals surface area (Å²) in [7, 11) is -3.83. The van der Waals surface area contributed by atoms with Gasteiger partial charge in [-0.1, -0.05) is 19.1 Å². The molecule has 0 fully saturated rings. The van der Waals surface area contributed by atoms with Gasteiger partial charge >= 0.3 is 0 Å². The maximum Gasteiger partial charge on any atom is 0.253 e. The third kappa shape index (κ3) is 5.75. The number of benzene rings is 2. The van der Waals surface area contributed by atoms with E-state index in [1.54, 1.807) is 36.4 Å². The Morgan fingerprint density at radius 3 is 2.39 bits per heavy atom. The molecule has 10 heteroatoms. The molecule has 2 aromatic carbocycles. The molecular weight excluding hydrogens is 446 g/mol. The highest BCUT2D eigenvalue weighted by molar-refractivity contribution is 7.92. The van der Waals surface area contributed by atoms with Crippen molar-refractivity contribution in [2.45, 2.75) is 39.3 Å². The molecule has 0 saturated heterocycles. The van der Waals surface area contributed by atoms with E-state index in [0.29, 0.717) is 36.0 Å². The SMILES string of the molecule is CC[C@@H](C)NC(=O)c1ccccc1NC(=O)[C@@H](C)N(c1ccc2c(c1)OCCO2)S(C)(=O)=O. The average molecular weight is 476 g/mol. The zero-order valence-corrected chi connectivity index (χ0v) is 19.9. The van der Waals surface area contributed by atoms with E-state index in [1.165, 1.54) is 13.0 Å². The number of sulfonamides is 1. The first kappa shape index (κ1) is 24.4. The number of para-hydroxylation sites is 1. The van der Waals surface area contributed by atoms with Crippen LogP contribution in [-0.2, 0) is 14.8 Å². The number of ether oxygens (including phenoxy) is 2. The Hall–Kier alpha value is -3.27. The van der Waals surface area contributed by atoms with Gasteiger partial charge in [0.2, 0.25) is 15.9 Å². The maximum absolute atomic E-state index is 13.1. The normalized spacial score (nSPS) is 14.7. The highest BCUT2D eigenvalue weighted by Crippen LogP contribution is 2.35. The minimum atomic E-state index is -3.83. The molecule has 3 rings (SSSR count). The summed E-state index contributed by atoms with van der Waals surface area (Å²) in [4.78, 5) is 25.8. The lowest BCUT2D eigenvalue weighted by atomic mass is 10.1. The number of rotatable bonds is 8. The first-order valence-electron chi connectivity index (χ1n) is 10.7. The van der Waals surface area contributed by atoms with Gasteiger partial charge in [-0.15, -0.1) is 0 Å². The molecule has 2 atom stereocenters. The van der Waals surface area contributed by atoms with Gasteiger partial charge < -0.3 is 20.1 Å². The lowest BCUT2D eigenvalue weighted by molar-refractivity contribution is -0.116. The number of fused-ring (bicyclic) bond motifs is 1. The molecule has 0 bridgehead atoms. The third-order valence-electron chi connectivity index (χ3n) is 5.29. The molecule has 0 spiro atoms. The van der Waals surface area contributed by atoms with Crippen LogP contribution in [0.15, 0.2) is 42.5 Å². The van der Waals surface area contributed by atoms with E-state index < -0.39 is 22.0 Å². The molecule has 0 saturated carbocycles. The zero-order chi connectivity index (χ0) is 24.2. The van der Waals surface area contributed by atoms with Crippen molar-refractivity contribution in [2.75, 3.05) is 29.1 Å². The topological polar surface area (TPSA) is 114 Å². The van der Waals surface area contributed by atoms with Crippen LogP contribution in [0.1, 0.15) is 37.6 Å². The fourth-order valence-electron chi connectivity index (χ4n) is 3.41. The molecule has 0 radical (unpaired) electrons. The van der Waals surface area contributed by atoms with E-state index in [-0.39, 0.29) is 17.6 Å². The highest BCUT2D eigenvalue weighted by atomic mass is 32.2. The molecule has 178 valence electrons. The highest BCUT2D eigenvalue weighted by Gasteiger charge is 2.31. The van der Waals surface area contributed by atoms with Gasteiger partial charge in [0.15, 0.2) is 11.5 Å². The van der Waals surface area contributed by atoms with E-state index in [1.807, 2.05) is 13.8 Å². The smallest absolute Gasteiger partial charge is 0.253 e. The molecule has 9 nitrogen and oxygen atoms in total. The van der Waals surface area contributed by atoms with Crippen LogP contribution >= 0.6 is 0 Å². The number of nitrogens with zero attached hydrogens (tertiary/aromatic N) is 1. The van der Waals surface area contributed by atoms with Crippen LogP contribution in [0.2, 0.25) is 0 Å². The predicted octanol–water partition coefficient (Wildman–Crippen LogP) is 2.78.